The summed E-state index contributed by atoms with van der Waals surface area (Å²) in [5.41, 5.74) is 26.1. The van der Waals surface area contributed by atoms with Gasteiger partial charge in [0, 0.05) is 56.7 Å². The number of halogens is 1. The van der Waals surface area contributed by atoms with E-state index in [4.69, 9.17) is 46.0 Å². The molecule has 0 aromatic heterocycles. The molecule has 0 saturated heterocycles. The van der Waals surface area contributed by atoms with Crippen LogP contribution < -0.4 is 28.3 Å². The Morgan fingerprint density at radius 1 is 0.765 bits per heavy atom. The minimum atomic E-state index is -3.22. The monoisotopic (exact) mass is 820 g/mol. The number of benzene rings is 4. The van der Waals surface area contributed by atoms with Crippen LogP contribution in [0.15, 0.2) is 115 Å². The maximum Gasteiger partial charge on any atom is 0.175 e. The van der Waals surface area contributed by atoms with Crippen molar-refractivity contribution in [3.05, 3.63) is 119 Å². The van der Waals surface area contributed by atoms with Gasteiger partial charge in [0.25, 0.3) is 0 Å². The molecule has 4 rings (SSSR count). The fourth-order valence-electron chi connectivity index (χ4n) is 3.94. The van der Waals surface area contributed by atoms with Gasteiger partial charge >= 0.3 is 0 Å². The molecule has 0 aliphatic carbocycles. The summed E-state index contributed by atoms with van der Waals surface area (Å²) in [6, 6.07) is 27.2. The summed E-state index contributed by atoms with van der Waals surface area (Å²) in [4.78, 5) is 3.31. The van der Waals surface area contributed by atoms with Crippen LogP contribution in [0.1, 0.15) is 22.3 Å². The van der Waals surface area contributed by atoms with E-state index < -0.39 is 9.84 Å². The quantitative estimate of drug-likeness (QED) is 0.0317. The minimum absolute atomic E-state index is 0.0410. The summed E-state index contributed by atoms with van der Waals surface area (Å²) in [7, 11) is -3.22. The number of nitrogens with zero attached hydrogens (tertiary/aromatic N) is 1. The van der Waals surface area contributed by atoms with Gasteiger partial charge in [0.05, 0.1) is 4.90 Å². The number of hydrogen-bond acceptors (Lipinski definition) is 11. The SMILES string of the molecule is CS(=O)(=O)c1ccc(CSC(N)=NSc2ccc(F)cc2CSC(=N)N)cc1.N=C(N)SCc1ccccc1Sc1ccccc1CNC(N)=S. The van der Waals surface area contributed by atoms with E-state index in [1.807, 2.05) is 24.3 Å². The maximum atomic E-state index is 13.5. The topological polar surface area (TPSA) is 210 Å². The molecule has 0 radical (unpaired) electrons. The van der Waals surface area contributed by atoms with Crippen molar-refractivity contribution in [3.8, 4) is 0 Å². The van der Waals surface area contributed by atoms with Gasteiger partial charge in [-0.3, -0.25) is 10.8 Å². The highest BCUT2D eigenvalue weighted by atomic mass is 32.2. The average Bonchev–Trinajstić information content (AvgIpc) is 3.08. The predicted molar refractivity (Wildman–Crippen MR) is 222 cm³/mol. The smallest absolute Gasteiger partial charge is 0.175 e. The number of nitrogens with two attached hydrogens (primary N) is 4. The normalized spacial score (nSPS) is 11.3. The van der Waals surface area contributed by atoms with Crippen LogP contribution in [0.4, 0.5) is 4.39 Å². The van der Waals surface area contributed by atoms with E-state index in [1.165, 1.54) is 35.7 Å². The van der Waals surface area contributed by atoms with Crippen LogP contribution in [0.3, 0.4) is 0 Å². The zero-order valence-electron chi connectivity index (χ0n) is 27.3. The number of thiocarbonyl (C=S) groups is 1. The Balaban J connectivity index is 0.000000281. The minimum Gasteiger partial charge on any atom is -0.379 e. The van der Waals surface area contributed by atoms with Gasteiger partial charge < -0.3 is 28.3 Å². The zero-order chi connectivity index (χ0) is 37.4. The van der Waals surface area contributed by atoms with Crippen LogP contribution in [0.2, 0.25) is 0 Å². The van der Waals surface area contributed by atoms with Gasteiger partial charge in [-0.1, -0.05) is 95.6 Å². The van der Waals surface area contributed by atoms with Crippen molar-refractivity contribution >= 4 is 102 Å². The van der Waals surface area contributed by atoms with E-state index in [0.29, 0.717) is 39.6 Å². The van der Waals surface area contributed by atoms with Gasteiger partial charge in [-0.05, 0) is 76.9 Å². The van der Waals surface area contributed by atoms with Gasteiger partial charge in [-0.25, -0.2) is 12.8 Å². The highest BCUT2D eigenvalue weighted by Gasteiger charge is 2.10. The second-order valence-electron chi connectivity index (χ2n) is 10.3. The highest BCUT2D eigenvalue weighted by Crippen LogP contribution is 2.34. The number of nitrogens with one attached hydrogen (secondary N) is 3. The molecule has 0 spiro atoms. The van der Waals surface area contributed by atoms with Crippen LogP contribution in [-0.4, -0.2) is 35.3 Å². The summed E-state index contributed by atoms with van der Waals surface area (Å²) in [6.07, 6.45) is 1.16. The zero-order valence-corrected chi connectivity index (χ0v) is 33.0. The lowest BCUT2D eigenvalue weighted by molar-refractivity contribution is 0.602. The van der Waals surface area contributed by atoms with E-state index in [9.17, 15) is 12.8 Å². The molecule has 4 aromatic rings. The third-order valence-corrected chi connectivity index (χ3v) is 12.3. The van der Waals surface area contributed by atoms with Crippen LogP contribution in [0.5, 0.6) is 0 Å². The first kappa shape index (κ1) is 42.0. The third-order valence-electron chi connectivity index (χ3n) is 6.38. The Bertz CT molecular complexity index is 1900. The molecule has 18 heteroatoms. The number of sulfone groups is 1. The van der Waals surface area contributed by atoms with Crippen LogP contribution in [-0.2, 0) is 33.6 Å². The molecule has 0 saturated carbocycles. The summed E-state index contributed by atoms with van der Waals surface area (Å²) in [5, 5.41) is 18.4. The standard InChI is InChI=1S/C17H19FN4O2S4.C16H18N4S3/c1-28(23,24)14-5-2-11(3-6-14)9-26-17(21)22-27-15-7-4-13(18)8-12(15)10-25-16(19)20;17-15(18)22-10-12-6-2-4-8-14(12)23-13-7-3-1-5-11(13)9-20-16(19)21/h2-8H,9-10H2,1H3,(H3,19,20)(H2,21,22);1-8H,9-10H2,(H3,17,18)(H3,19,20,21). The van der Waals surface area contributed by atoms with Gasteiger partial charge in [0.15, 0.2) is 30.5 Å². The lowest BCUT2D eigenvalue weighted by atomic mass is 10.2. The Labute approximate surface area is 324 Å². The van der Waals surface area contributed by atoms with Gasteiger partial charge in [-0.2, -0.15) is 4.40 Å². The van der Waals surface area contributed by atoms with Gasteiger partial charge in [-0.15, -0.1) is 0 Å². The number of amidine groups is 3. The lowest BCUT2D eigenvalue weighted by Crippen LogP contribution is -2.28. The number of rotatable bonds is 13. The second-order valence-corrected chi connectivity index (χ2v) is 17.7. The molecule has 4 aromatic carbocycles. The molecule has 270 valence electrons. The van der Waals surface area contributed by atoms with E-state index in [-0.39, 0.29) is 21.0 Å². The van der Waals surface area contributed by atoms with Crippen molar-refractivity contribution in [2.75, 3.05) is 6.26 Å². The average molecular weight is 821 g/mol. The first-order valence-corrected chi connectivity index (χ1v) is 21.6. The third kappa shape index (κ3) is 15.8. The van der Waals surface area contributed by atoms with Crippen LogP contribution in [0.25, 0.3) is 0 Å². The van der Waals surface area contributed by atoms with E-state index in [1.54, 1.807) is 42.1 Å². The summed E-state index contributed by atoms with van der Waals surface area (Å²) >= 11 is 11.4. The van der Waals surface area contributed by atoms with E-state index in [2.05, 4.69) is 34.0 Å². The molecular weight excluding hydrogens is 784 g/mol. The molecule has 0 heterocycles. The Kier molecular flexibility index (Phi) is 17.5. The Hall–Kier alpha value is -3.39. The first-order valence-electron chi connectivity index (χ1n) is 14.7. The molecular formula is C33H37FN8O2S7. The number of thioether (sulfide) groups is 3. The molecule has 10 nitrogen and oxygen atoms in total. The van der Waals surface area contributed by atoms with Crippen molar-refractivity contribution < 1.29 is 12.8 Å². The summed E-state index contributed by atoms with van der Waals surface area (Å²) < 4.78 is 40.7. The number of hydrogen-bond donors (Lipinski definition) is 7. The predicted octanol–water partition coefficient (Wildman–Crippen LogP) is 6.91. The van der Waals surface area contributed by atoms with Crippen molar-refractivity contribution in [2.45, 2.75) is 43.4 Å². The molecule has 0 aliphatic heterocycles. The summed E-state index contributed by atoms with van der Waals surface area (Å²) in [6.45, 7) is 0.600. The maximum absolute atomic E-state index is 13.5. The molecule has 0 fully saturated rings. The fourth-order valence-corrected chi connectivity index (χ4v) is 8.41. The second kappa shape index (κ2) is 21.2. The van der Waals surface area contributed by atoms with Gasteiger partial charge in [0.2, 0.25) is 0 Å². The first-order chi connectivity index (χ1) is 24.2. The molecule has 0 aliphatic rings. The molecule has 0 amide bonds. The van der Waals surface area contributed by atoms with Crippen molar-refractivity contribution in [1.29, 1.82) is 10.8 Å². The van der Waals surface area contributed by atoms with Crippen molar-refractivity contribution in [1.82, 2.24) is 5.32 Å². The highest BCUT2D eigenvalue weighted by molar-refractivity contribution is 8.14. The van der Waals surface area contributed by atoms with Gasteiger partial charge in [0.1, 0.15) is 5.82 Å². The molecule has 0 atom stereocenters. The molecule has 51 heavy (non-hydrogen) atoms. The largest absolute Gasteiger partial charge is 0.379 e. The van der Waals surface area contributed by atoms with Crippen LogP contribution >= 0.6 is 71.2 Å². The van der Waals surface area contributed by atoms with Crippen LogP contribution in [0, 0.1) is 16.6 Å². The van der Waals surface area contributed by atoms with E-state index >= 15 is 0 Å². The van der Waals surface area contributed by atoms with Crippen molar-refractivity contribution in [3.63, 3.8) is 0 Å². The lowest BCUT2D eigenvalue weighted by Gasteiger charge is -2.12. The molecule has 11 N–H and O–H groups in total. The van der Waals surface area contributed by atoms with E-state index in [0.717, 1.165) is 61.3 Å². The summed E-state index contributed by atoms with van der Waals surface area (Å²) in [5.74, 6) is 1.22. The Morgan fingerprint density at radius 2 is 1.33 bits per heavy atom. The molecule has 0 bridgehead atoms. The molecule has 0 unspecified atom stereocenters. The fraction of sp³-hybridized carbons (Fsp3) is 0.152. The Morgan fingerprint density at radius 3 is 1.92 bits per heavy atom. The van der Waals surface area contributed by atoms with Crippen molar-refractivity contribution in [2.24, 2.45) is 27.3 Å².